The average molecular weight is 370 g/mol. The van der Waals surface area contributed by atoms with E-state index in [2.05, 4.69) is 0 Å². The second-order valence-corrected chi connectivity index (χ2v) is 6.85. The molecule has 0 unspecified atom stereocenters. The maximum Gasteiger partial charge on any atom is 0.256 e. The Morgan fingerprint density at radius 2 is 1.70 bits per heavy atom. The molecule has 2 aromatic rings. The van der Waals surface area contributed by atoms with Gasteiger partial charge in [-0.15, -0.1) is 0 Å². The van der Waals surface area contributed by atoms with E-state index in [4.69, 9.17) is 0 Å². The largest absolute Gasteiger partial charge is 0.394 e. The Morgan fingerprint density at radius 1 is 1.07 bits per heavy atom. The van der Waals surface area contributed by atoms with Gasteiger partial charge in [-0.3, -0.25) is 9.59 Å². The Hall–Kier alpha value is -2.73. The van der Waals surface area contributed by atoms with Crippen LogP contribution in [0.4, 0.5) is 4.39 Å². The van der Waals surface area contributed by atoms with Gasteiger partial charge in [0.15, 0.2) is 0 Å². The molecule has 1 saturated heterocycles. The monoisotopic (exact) mass is 370 g/mol. The van der Waals surface area contributed by atoms with Crippen molar-refractivity contribution in [1.82, 2.24) is 9.80 Å². The van der Waals surface area contributed by atoms with Crippen molar-refractivity contribution in [2.75, 3.05) is 20.2 Å². The van der Waals surface area contributed by atoms with Crippen molar-refractivity contribution in [3.8, 4) is 0 Å². The van der Waals surface area contributed by atoms with E-state index in [0.717, 1.165) is 5.56 Å². The molecule has 0 aromatic heterocycles. The van der Waals surface area contributed by atoms with Gasteiger partial charge in [-0.25, -0.2) is 4.39 Å². The van der Waals surface area contributed by atoms with Crippen molar-refractivity contribution in [1.29, 1.82) is 0 Å². The van der Waals surface area contributed by atoms with E-state index in [9.17, 15) is 19.1 Å². The highest BCUT2D eigenvalue weighted by molar-refractivity contribution is 5.94. The summed E-state index contributed by atoms with van der Waals surface area (Å²) < 4.78 is 14.0. The molecule has 1 aliphatic heterocycles. The Balaban J connectivity index is 1.84. The van der Waals surface area contributed by atoms with Gasteiger partial charge in [-0.05, 0) is 17.7 Å². The molecule has 2 aromatic carbocycles. The number of aliphatic hydroxyl groups excluding tert-OH is 1. The third-order valence-corrected chi connectivity index (χ3v) is 5.19. The zero-order valence-corrected chi connectivity index (χ0v) is 15.4. The van der Waals surface area contributed by atoms with Gasteiger partial charge in [-0.1, -0.05) is 42.5 Å². The van der Waals surface area contributed by atoms with Crippen LogP contribution in [0.1, 0.15) is 28.8 Å². The lowest BCUT2D eigenvalue weighted by atomic mass is 9.75. The molecule has 1 aliphatic rings. The van der Waals surface area contributed by atoms with Crippen LogP contribution in [0.25, 0.3) is 0 Å². The van der Waals surface area contributed by atoms with E-state index in [1.807, 2.05) is 30.3 Å². The van der Waals surface area contributed by atoms with Crippen LogP contribution in [0.5, 0.6) is 0 Å². The Labute approximate surface area is 158 Å². The summed E-state index contributed by atoms with van der Waals surface area (Å²) in [6.07, 6.45) is 0. The van der Waals surface area contributed by atoms with Crippen molar-refractivity contribution in [3.63, 3.8) is 0 Å². The molecule has 27 heavy (non-hydrogen) atoms. The number of likely N-dealkylation sites (N-methyl/N-ethyl adjacent to an activating group) is 1. The number of hydrogen-bond acceptors (Lipinski definition) is 3. The van der Waals surface area contributed by atoms with Gasteiger partial charge in [-0.2, -0.15) is 0 Å². The fourth-order valence-electron chi connectivity index (χ4n) is 3.94. The molecule has 1 N–H and O–H groups in total. The summed E-state index contributed by atoms with van der Waals surface area (Å²) in [5.41, 5.74) is 1.01. The fraction of sp³-hybridized carbons (Fsp3) is 0.333. The van der Waals surface area contributed by atoms with E-state index >= 15 is 0 Å². The summed E-state index contributed by atoms with van der Waals surface area (Å²) >= 11 is 0. The number of halogens is 1. The van der Waals surface area contributed by atoms with Gasteiger partial charge >= 0.3 is 0 Å². The van der Waals surface area contributed by atoms with Crippen LogP contribution in [-0.2, 0) is 4.79 Å². The maximum absolute atomic E-state index is 14.0. The van der Waals surface area contributed by atoms with Gasteiger partial charge in [0.05, 0.1) is 24.3 Å². The number of amides is 2. The van der Waals surface area contributed by atoms with Crippen molar-refractivity contribution in [2.45, 2.75) is 24.9 Å². The molecule has 0 aliphatic carbocycles. The quantitative estimate of drug-likeness (QED) is 0.878. The zero-order chi connectivity index (χ0) is 19.6. The normalized spacial score (nSPS) is 21.5. The van der Waals surface area contributed by atoms with Gasteiger partial charge < -0.3 is 14.9 Å². The topological polar surface area (TPSA) is 60.9 Å². The highest BCUT2D eigenvalue weighted by atomic mass is 19.1. The van der Waals surface area contributed by atoms with Gasteiger partial charge in [0, 0.05) is 26.4 Å². The van der Waals surface area contributed by atoms with Crippen LogP contribution < -0.4 is 0 Å². The molecule has 0 radical (unpaired) electrons. The Kier molecular flexibility index (Phi) is 5.56. The lowest BCUT2D eigenvalue weighted by molar-refractivity contribution is -0.148. The van der Waals surface area contributed by atoms with Crippen LogP contribution in [0, 0.1) is 5.82 Å². The van der Waals surface area contributed by atoms with Crippen molar-refractivity contribution in [2.24, 2.45) is 0 Å². The first kappa shape index (κ1) is 19.0. The maximum atomic E-state index is 14.0. The molecule has 3 rings (SSSR count). The van der Waals surface area contributed by atoms with Crippen LogP contribution in [0.2, 0.25) is 0 Å². The minimum absolute atomic E-state index is 0.00340. The summed E-state index contributed by atoms with van der Waals surface area (Å²) in [7, 11) is 1.60. The first-order valence-electron chi connectivity index (χ1n) is 8.90. The molecule has 1 fully saturated rings. The molecule has 6 heteroatoms. The first-order valence-corrected chi connectivity index (χ1v) is 8.90. The summed E-state index contributed by atoms with van der Waals surface area (Å²) in [5, 5.41) is 9.79. The van der Waals surface area contributed by atoms with E-state index in [1.54, 1.807) is 18.0 Å². The molecule has 2 amide bonds. The number of carbonyl (C=O) groups excluding carboxylic acids is 2. The molecule has 0 spiro atoms. The molecule has 5 nitrogen and oxygen atoms in total. The summed E-state index contributed by atoms with van der Waals surface area (Å²) in [5.74, 6) is -1.25. The third-order valence-electron chi connectivity index (χ3n) is 5.19. The number of aliphatic hydroxyl groups is 1. The van der Waals surface area contributed by atoms with Crippen molar-refractivity contribution in [3.05, 3.63) is 71.5 Å². The molecule has 1 heterocycles. The van der Waals surface area contributed by atoms with Crippen LogP contribution in [-0.4, -0.2) is 59.0 Å². The molecular formula is C21H23FN2O3. The molecule has 3 atom stereocenters. The molecular weight excluding hydrogens is 347 g/mol. The molecule has 0 saturated carbocycles. The first-order chi connectivity index (χ1) is 13.0. The lowest BCUT2D eigenvalue weighted by Gasteiger charge is -2.55. The van der Waals surface area contributed by atoms with Crippen molar-refractivity contribution < 1.29 is 19.1 Å². The summed E-state index contributed by atoms with van der Waals surface area (Å²) in [6, 6.07) is 14.9. The average Bonchev–Trinajstić information content (AvgIpc) is 2.65. The summed E-state index contributed by atoms with van der Waals surface area (Å²) in [6.45, 7) is 1.55. The summed E-state index contributed by atoms with van der Waals surface area (Å²) in [4.78, 5) is 27.8. The number of nitrogens with zero attached hydrogens (tertiary/aromatic N) is 2. The lowest BCUT2D eigenvalue weighted by Crippen LogP contribution is -2.68. The molecule has 0 bridgehead atoms. The zero-order valence-electron chi connectivity index (χ0n) is 15.4. The van der Waals surface area contributed by atoms with Crippen LogP contribution >= 0.6 is 0 Å². The fourth-order valence-corrected chi connectivity index (χ4v) is 3.94. The van der Waals surface area contributed by atoms with E-state index in [0.29, 0.717) is 0 Å². The van der Waals surface area contributed by atoms with Crippen molar-refractivity contribution >= 4 is 11.8 Å². The highest BCUT2D eigenvalue weighted by Gasteiger charge is 2.50. The van der Waals surface area contributed by atoms with E-state index in [-0.39, 0.29) is 42.6 Å². The Bertz CT molecular complexity index is 827. The SMILES string of the molecule is CC(=O)N1[C@H](CO)[C@@H](c2ccccc2)[C@@H]1CN(C)C(=O)c1ccccc1F. The van der Waals surface area contributed by atoms with Gasteiger partial charge in [0.25, 0.3) is 5.91 Å². The minimum Gasteiger partial charge on any atom is -0.394 e. The van der Waals surface area contributed by atoms with E-state index < -0.39 is 11.7 Å². The van der Waals surface area contributed by atoms with Crippen LogP contribution in [0.3, 0.4) is 0 Å². The highest BCUT2D eigenvalue weighted by Crippen LogP contribution is 2.41. The third kappa shape index (κ3) is 3.57. The number of carbonyl (C=O) groups is 2. The number of hydrogen-bond donors (Lipinski definition) is 1. The standard InChI is InChI=1S/C21H23FN2O3/c1-14(26)24-18(20(19(24)13-25)15-8-4-3-5-9-15)12-23(2)21(27)16-10-6-7-11-17(16)22/h3-11,18-20,25H,12-13H2,1-2H3/t18-,19+,20-/m0/s1. The van der Waals surface area contributed by atoms with Gasteiger partial charge in [0.1, 0.15) is 5.82 Å². The smallest absolute Gasteiger partial charge is 0.256 e. The predicted molar refractivity (Wildman–Crippen MR) is 99.7 cm³/mol. The second-order valence-electron chi connectivity index (χ2n) is 6.85. The van der Waals surface area contributed by atoms with E-state index in [1.165, 1.54) is 30.0 Å². The minimum atomic E-state index is -0.570. The number of rotatable bonds is 5. The second kappa shape index (κ2) is 7.88. The number of likely N-dealkylation sites (tertiary alicyclic amines) is 1. The molecule has 142 valence electrons. The Morgan fingerprint density at radius 3 is 2.30 bits per heavy atom. The van der Waals surface area contributed by atoms with Gasteiger partial charge in [0.2, 0.25) is 5.91 Å². The number of benzene rings is 2. The predicted octanol–water partition coefficient (Wildman–Crippen LogP) is 2.27. The van der Waals surface area contributed by atoms with Crippen LogP contribution in [0.15, 0.2) is 54.6 Å².